The molecular weight excluding hydrogens is 434 g/mol. The predicted molar refractivity (Wildman–Crippen MR) is 95.5 cm³/mol. The number of hydrogen-bond acceptors (Lipinski definition) is 4. The van der Waals surface area contributed by atoms with Crippen LogP contribution in [0.1, 0.15) is 31.1 Å². The molecule has 0 aliphatic heterocycles. The molecule has 4 N–H and O–H groups in total. The summed E-state index contributed by atoms with van der Waals surface area (Å²) in [5.41, 5.74) is -0.997. The molecule has 0 unspecified atom stereocenters. The maximum atomic E-state index is 10.8. The fourth-order valence-corrected chi connectivity index (χ4v) is 2.84. The van der Waals surface area contributed by atoms with E-state index in [1.54, 1.807) is 0 Å². The molecule has 11 heteroatoms. The van der Waals surface area contributed by atoms with Gasteiger partial charge in [0.1, 0.15) is 5.75 Å². The lowest BCUT2D eigenvalue weighted by molar-refractivity contribution is 0.0682. The lowest BCUT2D eigenvalue weighted by Gasteiger charge is -2.10. The Morgan fingerprint density at radius 1 is 0.615 bits per heavy atom. The summed E-state index contributed by atoms with van der Waals surface area (Å²) in [6.45, 7) is 0. The molecule has 0 saturated heterocycles. The van der Waals surface area contributed by atoms with Crippen LogP contribution in [-0.2, 0) is 0 Å². The van der Waals surface area contributed by atoms with Gasteiger partial charge in [0.15, 0.2) is 0 Å². The Morgan fingerprint density at radius 3 is 1.31 bits per heavy atom. The van der Waals surface area contributed by atoms with Crippen molar-refractivity contribution in [1.29, 1.82) is 0 Å². The second kappa shape index (κ2) is 8.95. The quantitative estimate of drug-likeness (QED) is 0.397. The number of carboxylic acids is 3. The summed E-state index contributed by atoms with van der Waals surface area (Å²) in [6, 6.07) is 5.36. The second-order valence-electron chi connectivity index (χ2n) is 4.47. The molecule has 138 valence electrons. The highest BCUT2D eigenvalue weighted by atomic mass is 35.5. The highest BCUT2D eigenvalue weighted by molar-refractivity contribution is 6.52. The van der Waals surface area contributed by atoms with E-state index >= 15 is 0 Å². The third kappa shape index (κ3) is 4.92. The molecule has 26 heavy (non-hydrogen) atoms. The van der Waals surface area contributed by atoms with Gasteiger partial charge in [-0.05, 0) is 24.3 Å². The van der Waals surface area contributed by atoms with Crippen molar-refractivity contribution in [2.45, 2.75) is 0 Å². The van der Waals surface area contributed by atoms with Crippen molar-refractivity contribution in [3.8, 4) is 5.75 Å². The molecule has 7 nitrogen and oxygen atoms in total. The summed E-state index contributed by atoms with van der Waals surface area (Å²) in [6.07, 6.45) is 0. The molecule has 0 radical (unpaired) electrons. The number of carbonyl (C=O) groups is 3. The van der Waals surface area contributed by atoms with Crippen LogP contribution in [0, 0.1) is 0 Å². The number of phenolic OH excluding ortho intramolecular Hbond substituents is 1. The molecule has 0 aromatic heterocycles. The van der Waals surface area contributed by atoms with Crippen LogP contribution in [0.2, 0.25) is 20.1 Å². The molecule has 0 fully saturated rings. The number of halogens is 4. The number of rotatable bonds is 3. The van der Waals surface area contributed by atoms with Gasteiger partial charge in [0.05, 0.1) is 36.8 Å². The van der Waals surface area contributed by atoms with E-state index in [1.807, 2.05) is 0 Å². The predicted octanol–water partition coefficient (Wildman–Crippen LogP) is 4.79. The Bertz CT molecular complexity index is 838. The van der Waals surface area contributed by atoms with Crippen molar-refractivity contribution in [2.75, 3.05) is 0 Å². The van der Waals surface area contributed by atoms with Gasteiger partial charge >= 0.3 is 17.9 Å². The normalized spacial score (nSPS) is 9.85. The van der Waals surface area contributed by atoms with Crippen molar-refractivity contribution in [3.05, 3.63) is 61.0 Å². The summed E-state index contributed by atoms with van der Waals surface area (Å²) < 4.78 is 0. The first-order valence-corrected chi connectivity index (χ1v) is 7.85. The number of hydrogen-bond donors (Lipinski definition) is 4. The van der Waals surface area contributed by atoms with Crippen LogP contribution < -0.4 is 0 Å². The lowest BCUT2D eigenvalue weighted by Crippen LogP contribution is -2.07. The first-order valence-electron chi connectivity index (χ1n) is 6.33. The number of benzene rings is 2. The van der Waals surface area contributed by atoms with Gasteiger partial charge in [-0.2, -0.15) is 0 Å². The summed E-state index contributed by atoms with van der Waals surface area (Å²) in [4.78, 5) is 31.9. The van der Waals surface area contributed by atoms with Gasteiger partial charge in [-0.1, -0.05) is 46.4 Å². The fourth-order valence-electron chi connectivity index (χ4n) is 1.61. The first-order chi connectivity index (χ1) is 12.0. The molecule has 0 amide bonds. The number of phenols is 1. The van der Waals surface area contributed by atoms with Gasteiger partial charge in [-0.3, -0.25) is 0 Å². The smallest absolute Gasteiger partial charge is 0.338 e. The Kier molecular flexibility index (Phi) is 7.53. The van der Waals surface area contributed by atoms with Crippen LogP contribution in [0.5, 0.6) is 5.75 Å². The zero-order chi connectivity index (χ0) is 20.2. The molecule has 0 heterocycles. The Hall–Kier alpha value is -2.19. The third-order valence-electron chi connectivity index (χ3n) is 2.81. The molecule has 2 rings (SSSR count). The average molecular weight is 442 g/mol. The van der Waals surface area contributed by atoms with E-state index in [-0.39, 0.29) is 16.3 Å². The molecule has 0 aliphatic rings. The van der Waals surface area contributed by atoms with Gasteiger partial charge in [-0.15, -0.1) is 0 Å². The van der Waals surface area contributed by atoms with Crippen molar-refractivity contribution >= 4 is 64.3 Å². The molecule has 0 bridgehead atoms. The monoisotopic (exact) mass is 440 g/mol. The fraction of sp³-hybridized carbons (Fsp3) is 0. The van der Waals surface area contributed by atoms with Crippen LogP contribution in [0.4, 0.5) is 0 Å². The Balaban J connectivity index is 0.000000289. The van der Waals surface area contributed by atoms with Crippen LogP contribution in [0.25, 0.3) is 0 Å². The summed E-state index contributed by atoms with van der Waals surface area (Å²) in [5, 5.41) is 33.0. The number of aromatic hydroxyl groups is 1. The largest absolute Gasteiger partial charge is 0.508 e. The molecule has 2 aromatic rings. The number of carboxylic acid groups (broad SMARTS) is 3. The van der Waals surface area contributed by atoms with Crippen LogP contribution in [0.15, 0.2) is 24.3 Å². The van der Waals surface area contributed by atoms with E-state index in [4.69, 9.17) is 66.8 Å². The van der Waals surface area contributed by atoms with Crippen molar-refractivity contribution in [3.63, 3.8) is 0 Å². The molecule has 0 aliphatic carbocycles. The topological polar surface area (TPSA) is 132 Å². The second-order valence-corrected chi connectivity index (χ2v) is 5.98. The van der Waals surface area contributed by atoms with E-state index in [0.717, 1.165) is 0 Å². The molecule has 0 spiro atoms. The van der Waals surface area contributed by atoms with E-state index in [1.165, 1.54) is 24.3 Å². The summed E-state index contributed by atoms with van der Waals surface area (Å²) in [5.74, 6) is -3.89. The van der Waals surface area contributed by atoms with Crippen LogP contribution in [0.3, 0.4) is 0 Å². The summed E-state index contributed by atoms with van der Waals surface area (Å²) >= 11 is 22.4. The SMILES string of the molecule is O=C(O)c1c(Cl)c(Cl)c(Cl)c(C(=O)O)c1Cl.O=C(O)c1ccc(O)cc1. The van der Waals surface area contributed by atoms with Gasteiger partial charge in [-0.25, -0.2) is 14.4 Å². The standard InChI is InChI=1S/C8H2Cl4O4.C7H6O3/c9-3-1(7(13)14)4(10)6(12)5(11)2(3)8(15)16;8-6-3-1-5(2-4-6)7(9)10/h(H,13,14)(H,15,16);1-4,8H,(H,9,10). The van der Waals surface area contributed by atoms with Gasteiger partial charge < -0.3 is 20.4 Å². The molecule has 0 atom stereocenters. The van der Waals surface area contributed by atoms with E-state index in [9.17, 15) is 14.4 Å². The highest BCUT2D eigenvalue weighted by Gasteiger charge is 2.27. The van der Waals surface area contributed by atoms with Crippen LogP contribution in [-0.4, -0.2) is 38.3 Å². The minimum absolute atomic E-state index is 0.0741. The minimum Gasteiger partial charge on any atom is -0.508 e. The van der Waals surface area contributed by atoms with E-state index in [0.29, 0.717) is 0 Å². The van der Waals surface area contributed by atoms with Crippen LogP contribution >= 0.6 is 46.4 Å². The first kappa shape index (κ1) is 21.9. The minimum atomic E-state index is -1.49. The van der Waals surface area contributed by atoms with Crippen molar-refractivity contribution < 1.29 is 34.8 Å². The maximum Gasteiger partial charge on any atom is 0.338 e. The zero-order valence-electron chi connectivity index (χ0n) is 12.3. The Morgan fingerprint density at radius 2 is 1.00 bits per heavy atom. The average Bonchev–Trinajstić information content (AvgIpc) is 2.53. The van der Waals surface area contributed by atoms with Gasteiger partial charge in [0.2, 0.25) is 0 Å². The molecule has 0 saturated carbocycles. The molecular formula is C15H8Cl4O7. The van der Waals surface area contributed by atoms with Gasteiger partial charge in [0, 0.05) is 0 Å². The molecule has 2 aromatic carbocycles. The summed E-state index contributed by atoms with van der Waals surface area (Å²) in [7, 11) is 0. The van der Waals surface area contributed by atoms with Crippen molar-refractivity contribution in [1.82, 2.24) is 0 Å². The zero-order valence-corrected chi connectivity index (χ0v) is 15.4. The van der Waals surface area contributed by atoms with E-state index < -0.39 is 44.1 Å². The van der Waals surface area contributed by atoms with Crippen molar-refractivity contribution in [2.24, 2.45) is 0 Å². The number of aromatic carboxylic acids is 3. The van der Waals surface area contributed by atoms with E-state index in [2.05, 4.69) is 0 Å². The lowest BCUT2D eigenvalue weighted by atomic mass is 10.1. The maximum absolute atomic E-state index is 10.8. The third-order valence-corrected chi connectivity index (χ3v) is 4.51. The highest BCUT2D eigenvalue weighted by Crippen LogP contribution is 2.41. The Labute approximate surface area is 165 Å². The van der Waals surface area contributed by atoms with Gasteiger partial charge in [0.25, 0.3) is 0 Å².